The van der Waals surface area contributed by atoms with Crippen molar-refractivity contribution in [2.24, 2.45) is 5.73 Å². The third-order valence-corrected chi connectivity index (χ3v) is 3.33. The highest BCUT2D eigenvalue weighted by Crippen LogP contribution is 2.29. The first-order chi connectivity index (χ1) is 7.97. The van der Waals surface area contributed by atoms with Gasteiger partial charge in [-0.2, -0.15) is 0 Å². The molecule has 2 nitrogen and oxygen atoms in total. The molecule has 1 aromatic carbocycles. The highest BCUT2D eigenvalue weighted by molar-refractivity contribution is 9.10. The summed E-state index contributed by atoms with van der Waals surface area (Å²) < 4.78 is 6.42. The zero-order valence-corrected chi connectivity index (χ0v) is 12.0. The van der Waals surface area contributed by atoms with Crippen LogP contribution in [0.25, 0.3) is 0 Å². The Kier molecular flexibility index (Phi) is 3.61. The molecule has 0 fully saturated rings. The van der Waals surface area contributed by atoms with Crippen molar-refractivity contribution in [3.63, 3.8) is 0 Å². The van der Waals surface area contributed by atoms with Crippen LogP contribution in [0.3, 0.4) is 0 Å². The minimum absolute atomic E-state index is 0.220. The summed E-state index contributed by atoms with van der Waals surface area (Å²) in [5, 5.41) is 0.669. The van der Waals surface area contributed by atoms with Crippen molar-refractivity contribution < 1.29 is 4.42 Å². The fourth-order valence-electron chi connectivity index (χ4n) is 1.89. The molecule has 0 bridgehead atoms. The fourth-order valence-corrected chi connectivity index (χ4v) is 2.78. The monoisotopic (exact) mass is 313 g/mol. The summed E-state index contributed by atoms with van der Waals surface area (Å²) in [6.07, 6.45) is 0. The fraction of sp³-hybridized carbons (Fsp3) is 0.231. The number of aryl methyl sites for hydroxylation is 2. The average molecular weight is 315 g/mol. The van der Waals surface area contributed by atoms with Gasteiger partial charge in [0.15, 0.2) is 0 Å². The van der Waals surface area contributed by atoms with Crippen molar-refractivity contribution >= 4 is 27.5 Å². The van der Waals surface area contributed by atoms with E-state index in [-0.39, 0.29) is 6.04 Å². The first-order valence-electron chi connectivity index (χ1n) is 5.26. The van der Waals surface area contributed by atoms with Crippen molar-refractivity contribution in [1.82, 2.24) is 0 Å². The maximum absolute atomic E-state index is 6.23. The molecule has 2 rings (SSSR count). The highest BCUT2D eigenvalue weighted by atomic mass is 79.9. The number of furan rings is 1. The number of nitrogens with two attached hydrogens (primary N) is 1. The van der Waals surface area contributed by atoms with Crippen molar-refractivity contribution in [2.45, 2.75) is 19.9 Å². The van der Waals surface area contributed by atoms with Crippen LogP contribution in [0.4, 0.5) is 0 Å². The van der Waals surface area contributed by atoms with Gasteiger partial charge in [-0.25, -0.2) is 0 Å². The van der Waals surface area contributed by atoms with Gasteiger partial charge in [0.05, 0.1) is 6.04 Å². The van der Waals surface area contributed by atoms with Gasteiger partial charge in [-0.3, -0.25) is 0 Å². The number of hydrogen-bond acceptors (Lipinski definition) is 2. The van der Waals surface area contributed by atoms with Crippen LogP contribution in [0, 0.1) is 13.8 Å². The molecule has 1 unspecified atom stereocenters. The van der Waals surface area contributed by atoms with Gasteiger partial charge >= 0.3 is 0 Å². The topological polar surface area (TPSA) is 39.2 Å². The summed E-state index contributed by atoms with van der Waals surface area (Å²) in [6, 6.07) is 7.43. The second kappa shape index (κ2) is 4.84. The van der Waals surface area contributed by atoms with Crippen molar-refractivity contribution in [2.75, 3.05) is 0 Å². The van der Waals surface area contributed by atoms with E-state index in [4.69, 9.17) is 21.8 Å². The second-order valence-corrected chi connectivity index (χ2v) is 5.40. The second-order valence-electron chi connectivity index (χ2n) is 4.05. The predicted molar refractivity (Wildman–Crippen MR) is 73.4 cm³/mol. The third-order valence-electron chi connectivity index (χ3n) is 2.66. The Morgan fingerprint density at radius 2 is 1.94 bits per heavy atom. The van der Waals surface area contributed by atoms with E-state index in [1.54, 1.807) is 0 Å². The highest BCUT2D eigenvalue weighted by Gasteiger charge is 2.15. The van der Waals surface area contributed by atoms with Crippen molar-refractivity contribution in [3.05, 3.63) is 56.4 Å². The Morgan fingerprint density at radius 1 is 1.24 bits per heavy atom. The van der Waals surface area contributed by atoms with Gasteiger partial charge in [-0.1, -0.05) is 27.5 Å². The van der Waals surface area contributed by atoms with Gasteiger partial charge in [0.1, 0.15) is 11.5 Å². The molecule has 4 heteroatoms. The molecule has 1 atom stereocenters. The zero-order chi connectivity index (χ0) is 12.6. The molecule has 0 saturated heterocycles. The number of halogens is 2. The Hall–Kier alpha value is -0.770. The first kappa shape index (κ1) is 12.7. The van der Waals surface area contributed by atoms with Gasteiger partial charge in [0.2, 0.25) is 0 Å². The molecule has 2 aromatic rings. The number of benzene rings is 1. The van der Waals surface area contributed by atoms with E-state index in [0.29, 0.717) is 5.02 Å². The maximum Gasteiger partial charge on any atom is 0.106 e. The Morgan fingerprint density at radius 3 is 2.47 bits per heavy atom. The van der Waals surface area contributed by atoms with E-state index in [9.17, 15) is 0 Å². The van der Waals surface area contributed by atoms with Crippen LogP contribution in [-0.2, 0) is 0 Å². The van der Waals surface area contributed by atoms with Crippen molar-refractivity contribution in [3.8, 4) is 0 Å². The summed E-state index contributed by atoms with van der Waals surface area (Å²) >= 11 is 9.43. The van der Waals surface area contributed by atoms with Crippen LogP contribution in [0.5, 0.6) is 0 Å². The molecule has 0 amide bonds. The molecule has 90 valence electrons. The van der Waals surface area contributed by atoms with Crippen LogP contribution in [0.2, 0.25) is 5.02 Å². The first-order valence-corrected chi connectivity index (χ1v) is 6.43. The smallest absolute Gasteiger partial charge is 0.106 e. The molecule has 0 radical (unpaired) electrons. The van der Waals surface area contributed by atoms with Gasteiger partial charge < -0.3 is 10.2 Å². The van der Waals surface area contributed by atoms with E-state index in [2.05, 4.69) is 15.9 Å². The normalized spacial score (nSPS) is 12.8. The summed E-state index contributed by atoms with van der Waals surface area (Å²) in [5.41, 5.74) is 8.19. The SMILES string of the molecule is Cc1cc(C(N)c2cc(Cl)cc(Br)c2)c(C)o1. The number of hydrogen-bond donors (Lipinski definition) is 1. The molecule has 1 aromatic heterocycles. The van der Waals surface area contributed by atoms with Gasteiger partial charge in [0.25, 0.3) is 0 Å². The van der Waals surface area contributed by atoms with Crippen LogP contribution in [-0.4, -0.2) is 0 Å². The molecule has 0 saturated carbocycles. The molecule has 1 heterocycles. The number of rotatable bonds is 2. The lowest BCUT2D eigenvalue weighted by Crippen LogP contribution is -2.12. The quantitative estimate of drug-likeness (QED) is 0.894. The molecule has 0 aliphatic heterocycles. The minimum Gasteiger partial charge on any atom is -0.466 e. The van der Waals surface area contributed by atoms with E-state index in [1.165, 1.54) is 0 Å². The largest absolute Gasteiger partial charge is 0.466 e. The Labute approximate surface area is 114 Å². The van der Waals surface area contributed by atoms with Gasteiger partial charge in [-0.05, 0) is 43.7 Å². The Balaban J connectivity index is 2.43. The maximum atomic E-state index is 6.23. The molecule has 2 N–H and O–H groups in total. The minimum atomic E-state index is -0.220. The Bertz CT molecular complexity index is 530. The molecular formula is C13H13BrClNO. The van der Waals surface area contributed by atoms with Gasteiger partial charge in [0, 0.05) is 15.1 Å². The van der Waals surface area contributed by atoms with Gasteiger partial charge in [-0.15, -0.1) is 0 Å². The summed E-state index contributed by atoms with van der Waals surface area (Å²) in [4.78, 5) is 0. The van der Waals surface area contributed by atoms with E-state index >= 15 is 0 Å². The van der Waals surface area contributed by atoms with Crippen LogP contribution in [0.15, 0.2) is 33.2 Å². The van der Waals surface area contributed by atoms with E-state index in [0.717, 1.165) is 27.1 Å². The molecule has 17 heavy (non-hydrogen) atoms. The van der Waals surface area contributed by atoms with Crippen molar-refractivity contribution in [1.29, 1.82) is 0 Å². The predicted octanol–water partition coefficient (Wildman–Crippen LogP) is 4.36. The lowest BCUT2D eigenvalue weighted by Gasteiger charge is -2.12. The zero-order valence-electron chi connectivity index (χ0n) is 9.63. The summed E-state index contributed by atoms with van der Waals surface area (Å²) in [6.45, 7) is 3.83. The van der Waals surface area contributed by atoms with E-state index in [1.807, 2.05) is 38.1 Å². The summed E-state index contributed by atoms with van der Waals surface area (Å²) in [5.74, 6) is 1.72. The molecule has 0 aliphatic carbocycles. The third kappa shape index (κ3) is 2.73. The van der Waals surface area contributed by atoms with E-state index < -0.39 is 0 Å². The standard InChI is InChI=1S/C13H13BrClNO/c1-7-3-12(8(2)17-7)13(16)9-4-10(14)6-11(15)5-9/h3-6,13H,16H2,1-2H3. The lowest BCUT2D eigenvalue weighted by atomic mass is 10.00. The van der Waals surface area contributed by atoms with Crippen LogP contribution in [0.1, 0.15) is 28.7 Å². The lowest BCUT2D eigenvalue weighted by molar-refractivity contribution is 0.499. The molecular weight excluding hydrogens is 302 g/mol. The summed E-state index contributed by atoms with van der Waals surface area (Å²) in [7, 11) is 0. The average Bonchev–Trinajstić information content (AvgIpc) is 2.55. The molecule has 0 spiro atoms. The van der Waals surface area contributed by atoms with Crippen LogP contribution < -0.4 is 5.73 Å². The van der Waals surface area contributed by atoms with Crippen LogP contribution >= 0.6 is 27.5 Å². The molecule has 0 aliphatic rings.